The van der Waals surface area contributed by atoms with Crippen LogP contribution in [0.5, 0.6) is 0 Å². The molecule has 0 saturated carbocycles. The lowest BCUT2D eigenvalue weighted by molar-refractivity contribution is 1.17. The van der Waals surface area contributed by atoms with E-state index < -0.39 is 0 Å². The summed E-state index contributed by atoms with van der Waals surface area (Å²) in [6, 6.07) is 96.9. The topological polar surface area (TPSA) is 8.17 Å². The van der Waals surface area contributed by atoms with Gasteiger partial charge in [-0.05, 0) is 121 Å². The number of anilines is 3. The molecule has 0 bridgehead atoms. The van der Waals surface area contributed by atoms with Gasteiger partial charge in [-0.25, -0.2) is 0 Å². The number of benzene rings is 11. The first-order chi connectivity index (χ1) is 32.8. The van der Waals surface area contributed by atoms with Crippen LogP contribution in [0.2, 0.25) is 0 Å². The largest absolute Gasteiger partial charge is 0.310 e. The van der Waals surface area contributed by atoms with Crippen LogP contribution in [0.4, 0.5) is 17.1 Å². The predicted molar refractivity (Wildman–Crippen MR) is 280 cm³/mol. The fraction of sp³-hybridized carbons (Fsp3) is 0. The lowest BCUT2D eigenvalue weighted by atomic mass is 9.77. The van der Waals surface area contributed by atoms with Crippen LogP contribution in [0.3, 0.4) is 0 Å². The molecule has 310 valence electrons. The molecule has 0 amide bonds. The fourth-order valence-electron chi connectivity index (χ4n) is 10.2. The van der Waals surface area contributed by atoms with E-state index >= 15 is 0 Å². The zero-order valence-corrected chi connectivity index (χ0v) is 36.3. The maximum Gasteiger partial charge on any atom is 0.0541 e. The van der Waals surface area contributed by atoms with E-state index in [1.54, 1.807) is 0 Å². The third-order valence-corrected chi connectivity index (χ3v) is 13.0. The van der Waals surface area contributed by atoms with Crippen LogP contribution in [0.25, 0.3) is 93.9 Å². The van der Waals surface area contributed by atoms with Gasteiger partial charge in [0.05, 0.1) is 11.0 Å². The quantitative estimate of drug-likeness (QED) is 0.141. The summed E-state index contributed by atoms with van der Waals surface area (Å²) in [6.07, 6.45) is 0. The maximum atomic E-state index is 2.39. The third kappa shape index (κ3) is 6.75. The molecule has 0 aliphatic rings. The Morgan fingerprint density at radius 2 is 0.667 bits per heavy atom. The number of hydrogen-bond donors (Lipinski definition) is 0. The number of hydrogen-bond acceptors (Lipinski definition) is 1. The van der Waals surface area contributed by atoms with Crippen LogP contribution in [0, 0.1) is 0 Å². The summed E-state index contributed by atoms with van der Waals surface area (Å²) in [6.45, 7) is 0. The summed E-state index contributed by atoms with van der Waals surface area (Å²) >= 11 is 0. The second kappa shape index (κ2) is 16.8. The molecule has 1 heterocycles. The first-order valence-electron chi connectivity index (χ1n) is 22.7. The number of nitrogens with zero attached hydrogens (tertiary/aromatic N) is 2. The Morgan fingerprint density at radius 3 is 1.23 bits per heavy atom. The van der Waals surface area contributed by atoms with Crippen molar-refractivity contribution < 1.29 is 0 Å². The number of para-hydroxylation sites is 3. The van der Waals surface area contributed by atoms with Gasteiger partial charge in [0, 0.05) is 33.5 Å². The van der Waals surface area contributed by atoms with Crippen LogP contribution in [0.1, 0.15) is 0 Å². The summed E-state index contributed by atoms with van der Waals surface area (Å²) in [5, 5.41) is 4.95. The van der Waals surface area contributed by atoms with Gasteiger partial charge in [0.2, 0.25) is 0 Å². The monoisotopic (exact) mass is 840 g/mol. The maximum absolute atomic E-state index is 2.39. The van der Waals surface area contributed by atoms with Crippen LogP contribution in [-0.2, 0) is 0 Å². The predicted octanol–water partition coefficient (Wildman–Crippen LogP) is 17.7. The second-order valence-electron chi connectivity index (χ2n) is 16.8. The summed E-state index contributed by atoms with van der Waals surface area (Å²) in [5.74, 6) is 0. The van der Waals surface area contributed by atoms with Gasteiger partial charge in [0.15, 0.2) is 0 Å². The van der Waals surface area contributed by atoms with Crippen molar-refractivity contribution in [1.82, 2.24) is 4.57 Å². The van der Waals surface area contributed by atoms with Gasteiger partial charge in [0.1, 0.15) is 0 Å². The second-order valence-corrected chi connectivity index (χ2v) is 16.8. The van der Waals surface area contributed by atoms with Gasteiger partial charge in [-0.2, -0.15) is 0 Å². The first kappa shape index (κ1) is 38.9. The molecule has 0 fully saturated rings. The zero-order valence-electron chi connectivity index (χ0n) is 36.3. The van der Waals surface area contributed by atoms with Crippen LogP contribution >= 0.6 is 0 Å². The van der Waals surface area contributed by atoms with Crippen molar-refractivity contribution in [3.63, 3.8) is 0 Å². The molecular formula is C64H44N2. The standard InChI is InChI=1S/C64H44N2/c1-6-22-46(23-7-1)60-57-37-21-36-54(64(57)63(49-28-12-4-13-29-49)62(48-26-10-3-11-27-48)61(60)47-24-8-2-9-25-47)45-40-42-51(43-41-45)65(50-30-14-5-15-31-50)52-32-20-33-53(44-52)66-58-38-18-16-34-55(58)56-35-17-19-39-59(56)66/h1-44H. The van der Waals surface area contributed by atoms with Crippen molar-refractivity contribution in [3.05, 3.63) is 267 Å². The van der Waals surface area contributed by atoms with Crippen molar-refractivity contribution in [2.45, 2.75) is 0 Å². The lowest BCUT2D eigenvalue weighted by Gasteiger charge is -2.27. The Bertz CT molecular complexity index is 3600. The SMILES string of the molecule is c1ccc(-c2c(-c3ccccc3)c(-c3ccccc3)c3c(-c4ccc(N(c5ccccc5)c5cccc(-n6c7ccccc7c7ccccc76)c5)cc4)cccc3c2-c2ccccc2)cc1. The van der Waals surface area contributed by atoms with Gasteiger partial charge >= 0.3 is 0 Å². The number of rotatable bonds is 9. The van der Waals surface area contributed by atoms with E-state index in [1.807, 2.05) is 0 Å². The van der Waals surface area contributed by atoms with Gasteiger partial charge in [0.25, 0.3) is 0 Å². The van der Waals surface area contributed by atoms with E-state index in [0.717, 1.165) is 28.3 Å². The van der Waals surface area contributed by atoms with Crippen molar-refractivity contribution in [3.8, 4) is 61.3 Å². The molecule has 66 heavy (non-hydrogen) atoms. The molecule has 2 nitrogen and oxygen atoms in total. The molecule has 0 aliphatic carbocycles. The van der Waals surface area contributed by atoms with Gasteiger partial charge < -0.3 is 9.47 Å². The Balaban J connectivity index is 1.08. The minimum atomic E-state index is 1.08. The number of aromatic nitrogens is 1. The highest BCUT2D eigenvalue weighted by molar-refractivity contribution is 6.22. The summed E-state index contributed by atoms with van der Waals surface area (Å²) < 4.78 is 2.39. The van der Waals surface area contributed by atoms with Gasteiger partial charge in [-0.3, -0.25) is 0 Å². The highest BCUT2D eigenvalue weighted by atomic mass is 15.1. The third-order valence-electron chi connectivity index (χ3n) is 13.0. The molecule has 2 heteroatoms. The van der Waals surface area contributed by atoms with E-state index in [0.29, 0.717) is 0 Å². The molecule has 0 saturated heterocycles. The average Bonchev–Trinajstić information content (AvgIpc) is 3.74. The zero-order chi connectivity index (χ0) is 43.8. The van der Waals surface area contributed by atoms with Gasteiger partial charge in [-0.15, -0.1) is 0 Å². The van der Waals surface area contributed by atoms with E-state index in [-0.39, 0.29) is 0 Å². The minimum absolute atomic E-state index is 1.08. The first-order valence-corrected chi connectivity index (χ1v) is 22.7. The normalized spacial score (nSPS) is 11.3. The van der Waals surface area contributed by atoms with Crippen LogP contribution < -0.4 is 4.90 Å². The van der Waals surface area contributed by atoms with Crippen molar-refractivity contribution in [2.24, 2.45) is 0 Å². The molecule has 0 radical (unpaired) electrons. The highest BCUT2D eigenvalue weighted by Gasteiger charge is 2.26. The van der Waals surface area contributed by atoms with Crippen LogP contribution in [0.15, 0.2) is 267 Å². The summed E-state index contributed by atoms with van der Waals surface area (Å²) in [5.41, 5.74) is 18.7. The lowest BCUT2D eigenvalue weighted by Crippen LogP contribution is -2.10. The van der Waals surface area contributed by atoms with Gasteiger partial charge in [-0.1, -0.05) is 212 Å². The van der Waals surface area contributed by atoms with E-state index in [2.05, 4.69) is 276 Å². The van der Waals surface area contributed by atoms with Crippen molar-refractivity contribution in [1.29, 1.82) is 0 Å². The molecule has 0 aliphatic heterocycles. The fourth-order valence-corrected chi connectivity index (χ4v) is 10.2. The Morgan fingerprint density at radius 1 is 0.258 bits per heavy atom. The molecular weight excluding hydrogens is 797 g/mol. The van der Waals surface area contributed by atoms with E-state index in [1.165, 1.54) is 82.6 Å². The van der Waals surface area contributed by atoms with Crippen LogP contribution in [-0.4, -0.2) is 4.57 Å². The van der Waals surface area contributed by atoms with Crippen molar-refractivity contribution >= 4 is 49.6 Å². The molecule has 1 aromatic heterocycles. The molecule has 0 unspecified atom stereocenters. The molecule has 0 spiro atoms. The highest BCUT2D eigenvalue weighted by Crippen LogP contribution is 2.53. The minimum Gasteiger partial charge on any atom is -0.310 e. The van der Waals surface area contributed by atoms with E-state index in [9.17, 15) is 0 Å². The average molecular weight is 841 g/mol. The molecule has 12 aromatic rings. The Labute approximate surface area is 385 Å². The molecule has 0 N–H and O–H groups in total. The van der Waals surface area contributed by atoms with E-state index in [4.69, 9.17) is 0 Å². The summed E-state index contributed by atoms with van der Waals surface area (Å²) in [7, 11) is 0. The molecule has 12 rings (SSSR count). The smallest absolute Gasteiger partial charge is 0.0541 e. The Kier molecular flexibility index (Phi) is 9.89. The summed E-state index contributed by atoms with van der Waals surface area (Å²) in [4.78, 5) is 2.37. The molecule has 11 aromatic carbocycles. The molecule has 0 atom stereocenters. The van der Waals surface area contributed by atoms with Crippen molar-refractivity contribution in [2.75, 3.05) is 4.90 Å². The Hall–Kier alpha value is -8.72. The number of fused-ring (bicyclic) bond motifs is 4.